The highest BCUT2D eigenvalue weighted by atomic mass is 32.1. The van der Waals surface area contributed by atoms with Crippen LogP contribution >= 0.6 is 11.3 Å². The Kier molecular flexibility index (Phi) is 6.18. The van der Waals surface area contributed by atoms with Gasteiger partial charge < -0.3 is 9.72 Å². The molecule has 1 saturated heterocycles. The van der Waals surface area contributed by atoms with Gasteiger partial charge >= 0.3 is 0 Å². The standard InChI is InChI=1S/C24H27N3O3S/c28-23(26-30-24-7-3-4-14-29-24)11-10-17-8-9-18(31-17)15-27-13-12-20-19-5-1-2-6-21(19)25-22(20)16-27/h1-2,5-6,8-11,24-25H,3-4,7,12-16H2,(H,26,28). The molecule has 2 aliphatic rings. The number of carbonyl (C=O) groups is 1. The average molecular weight is 438 g/mol. The number of ether oxygens (including phenoxy) is 1. The highest BCUT2D eigenvalue weighted by molar-refractivity contribution is 7.12. The van der Waals surface area contributed by atoms with E-state index in [1.165, 1.54) is 33.1 Å². The Balaban J connectivity index is 1.14. The number of benzene rings is 1. The van der Waals surface area contributed by atoms with Gasteiger partial charge in [-0.15, -0.1) is 11.3 Å². The number of hydroxylamine groups is 1. The molecule has 2 N–H and O–H groups in total. The van der Waals surface area contributed by atoms with Gasteiger partial charge in [-0.3, -0.25) is 9.69 Å². The second kappa shape index (κ2) is 9.36. The second-order valence-electron chi connectivity index (χ2n) is 8.11. The van der Waals surface area contributed by atoms with E-state index < -0.39 is 0 Å². The van der Waals surface area contributed by atoms with Crippen molar-refractivity contribution in [2.24, 2.45) is 0 Å². The fourth-order valence-corrected chi connectivity index (χ4v) is 5.25. The lowest BCUT2D eigenvalue weighted by Crippen LogP contribution is -2.32. The number of nitrogens with zero attached hydrogens (tertiary/aromatic N) is 1. The highest BCUT2D eigenvalue weighted by Crippen LogP contribution is 2.29. The van der Waals surface area contributed by atoms with Gasteiger partial charge in [0.25, 0.3) is 5.91 Å². The van der Waals surface area contributed by atoms with Crippen molar-refractivity contribution in [1.29, 1.82) is 0 Å². The van der Waals surface area contributed by atoms with Gasteiger partial charge in [0.1, 0.15) is 0 Å². The SMILES string of the molecule is O=C(C=Cc1ccc(CN2CCc3c([nH]c4ccccc34)C2)s1)NOC1CCCCO1. The Hall–Kier alpha value is -2.45. The first-order valence-corrected chi connectivity index (χ1v) is 11.7. The Bertz CT molecular complexity index is 1080. The molecule has 0 saturated carbocycles. The first kappa shape index (κ1) is 20.5. The van der Waals surface area contributed by atoms with Crippen LogP contribution in [0, 0.1) is 0 Å². The summed E-state index contributed by atoms with van der Waals surface area (Å²) < 4.78 is 5.44. The lowest BCUT2D eigenvalue weighted by molar-refractivity contribution is -0.198. The van der Waals surface area contributed by atoms with Crippen molar-refractivity contribution < 1.29 is 14.4 Å². The van der Waals surface area contributed by atoms with E-state index in [1.807, 2.05) is 6.08 Å². The Morgan fingerprint density at radius 2 is 2.23 bits per heavy atom. The number of rotatable bonds is 6. The summed E-state index contributed by atoms with van der Waals surface area (Å²) in [6.07, 6.45) is 7.01. The second-order valence-corrected chi connectivity index (χ2v) is 9.31. The van der Waals surface area contributed by atoms with E-state index in [9.17, 15) is 4.79 Å². The van der Waals surface area contributed by atoms with Gasteiger partial charge in [-0.2, -0.15) is 0 Å². The van der Waals surface area contributed by atoms with E-state index in [0.29, 0.717) is 6.61 Å². The minimum absolute atomic E-state index is 0.272. The molecule has 162 valence electrons. The number of carbonyl (C=O) groups excluding carboxylic acids is 1. The molecule has 2 aromatic heterocycles. The van der Waals surface area contributed by atoms with Crippen molar-refractivity contribution in [2.45, 2.75) is 45.1 Å². The van der Waals surface area contributed by atoms with Crippen LogP contribution in [0.25, 0.3) is 17.0 Å². The number of nitrogens with one attached hydrogen (secondary N) is 2. The van der Waals surface area contributed by atoms with Crippen molar-refractivity contribution in [3.05, 3.63) is 63.5 Å². The summed E-state index contributed by atoms with van der Waals surface area (Å²) in [6.45, 7) is 3.60. The van der Waals surface area contributed by atoms with E-state index in [2.05, 4.69) is 51.8 Å². The van der Waals surface area contributed by atoms with Crippen molar-refractivity contribution in [1.82, 2.24) is 15.4 Å². The summed E-state index contributed by atoms with van der Waals surface area (Å²) in [5.74, 6) is -0.272. The minimum Gasteiger partial charge on any atom is -0.357 e. The van der Waals surface area contributed by atoms with Crippen LogP contribution in [0.3, 0.4) is 0 Å². The van der Waals surface area contributed by atoms with Crippen LogP contribution in [0.2, 0.25) is 0 Å². The maximum absolute atomic E-state index is 12.0. The Morgan fingerprint density at radius 3 is 3.13 bits per heavy atom. The number of aromatic amines is 1. The molecule has 7 heteroatoms. The van der Waals surface area contributed by atoms with Crippen LogP contribution < -0.4 is 5.48 Å². The number of fused-ring (bicyclic) bond motifs is 3. The van der Waals surface area contributed by atoms with Crippen molar-refractivity contribution >= 4 is 34.2 Å². The van der Waals surface area contributed by atoms with Crippen LogP contribution in [0.5, 0.6) is 0 Å². The lowest BCUT2D eigenvalue weighted by Gasteiger charge is -2.26. The predicted octanol–water partition coefficient (Wildman–Crippen LogP) is 4.38. The molecule has 0 spiro atoms. The smallest absolute Gasteiger partial charge is 0.267 e. The summed E-state index contributed by atoms with van der Waals surface area (Å²) in [6, 6.07) is 12.8. The molecular formula is C24H27N3O3S. The topological polar surface area (TPSA) is 66.6 Å². The fraction of sp³-hybridized carbons (Fsp3) is 0.375. The van der Waals surface area contributed by atoms with Gasteiger partial charge in [0.15, 0.2) is 6.29 Å². The quantitative estimate of drug-likeness (QED) is 0.444. The van der Waals surface area contributed by atoms with Gasteiger partial charge in [-0.25, -0.2) is 10.3 Å². The number of thiophene rings is 1. The third kappa shape index (κ3) is 4.91. The molecule has 1 amide bonds. The Labute approximate surface area is 185 Å². The molecule has 6 nitrogen and oxygen atoms in total. The number of para-hydroxylation sites is 1. The Morgan fingerprint density at radius 1 is 1.29 bits per heavy atom. The first-order valence-electron chi connectivity index (χ1n) is 10.9. The van der Waals surface area contributed by atoms with Crippen LogP contribution in [0.4, 0.5) is 0 Å². The van der Waals surface area contributed by atoms with Gasteiger partial charge in [0.2, 0.25) is 0 Å². The molecule has 5 rings (SSSR count). The number of hydrogen-bond acceptors (Lipinski definition) is 5. The summed E-state index contributed by atoms with van der Waals surface area (Å²) in [4.78, 5) is 25.7. The largest absolute Gasteiger partial charge is 0.357 e. The fourth-order valence-electron chi connectivity index (χ4n) is 4.29. The third-order valence-corrected chi connectivity index (χ3v) is 6.89. The van der Waals surface area contributed by atoms with Crippen LogP contribution in [0.15, 0.2) is 42.5 Å². The molecule has 0 bridgehead atoms. The zero-order chi connectivity index (χ0) is 21.0. The normalized spacial score (nSPS) is 19.7. The van der Waals surface area contributed by atoms with E-state index in [4.69, 9.17) is 9.57 Å². The van der Waals surface area contributed by atoms with Gasteiger partial charge in [0.05, 0.1) is 0 Å². The highest BCUT2D eigenvalue weighted by Gasteiger charge is 2.20. The van der Waals surface area contributed by atoms with Crippen LogP contribution in [-0.2, 0) is 33.9 Å². The van der Waals surface area contributed by atoms with Gasteiger partial charge in [-0.05, 0) is 49.1 Å². The average Bonchev–Trinajstić information content (AvgIpc) is 3.40. The molecule has 1 aromatic carbocycles. The molecule has 1 atom stereocenters. The zero-order valence-electron chi connectivity index (χ0n) is 17.4. The van der Waals surface area contributed by atoms with Crippen molar-refractivity contribution in [3.63, 3.8) is 0 Å². The molecule has 0 aliphatic carbocycles. The molecule has 4 heterocycles. The maximum atomic E-state index is 12.0. The van der Waals surface area contributed by atoms with Crippen molar-refractivity contribution in [3.8, 4) is 0 Å². The zero-order valence-corrected chi connectivity index (χ0v) is 18.2. The monoisotopic (exact) mass is 437 g/mol. The van der Waals surface area contributed by atoms with Crippen LogP contribution in [0.1, 0.15) is 40.3 Å². The van der Waals surface area contributed by atoms with E-state index in [-0.39, 0.29) is 12.2 Å². The molecule has 1 fully saturated rings. The third-order valence-electron chi connectivity index (χ3n) is 5.85. The number of H-pyrrole nitrogens is 1. The minimum atomic E-state index is -0.332. The van der Waals surface area contributed by atoms with Gasteiger partial charge in [0, 0.05) is 65.1 Å². The van der Waals surface area contributed by atoms with Gasteiger partial charge in [-0.1, -0.05) is 18.2 Å². The van der Waals surface area contributed by atoms with E-state index >= 15 is 0 Å². The predicted molar refractivity (Wildman–Crippen MR) is 122 cm³/mol. The van der Waals surface area contributed by atoms with E-state index in [1.54, 1.807) is 11.3 Å². The molecule has 1 unspecified atom stereocenters. The molecule has 3 aromatic rings. The summed E-state index contributed by atoms with van der Waals surface area (Å²) in [7, 11) is 0. The van der Waals surface area contributed by atoms with Crippen LogP contribution in [-0.4, -0.2) is 35.2 Å². The molecule has 0 radical (unpaired) electrons. The first-order chi connectivity index (χ1) is 15.2. The molecular weight excluding hydrogens is 410 g/mol. The number of amides is 1. The number of aromatic nitrogens is 1. The van der Waals surface area contributed by atoms with Crippen molar-refractivity contribution in [2.75, 3.05) is 13.2 Å². The van der Waals surface area contributed by atoms with E-state index in [0.717, 1.165) is 50.2 Å². The lowest BCUT2D eigenvalue weighted by atomic mass is 10.0. The summed E-state index contributed by atoms with van der Waals surface area (Å²) >= 11 is 1.72. The number of hydrogen-bond donors (Lipinski definition) is 2. The molecule has 2 aliphatic heterocycles. The molecule has 31 heavy (non-hydrogen) atoms. The summed E-state index contributed by atoms with van der Waals surface area (Å²) in [5, 5.41) is 1.36. The maximum Gasteiger partial charge on any atom is 0.267 e. The summed E-state index contributed by atoms with van der Waals surface area (Å²) in [5.41, 5.74) is 6.49.